The molecule has 0 spiro atoms. The van der Waals surface area contributed by atoms with Gasteiger partial charge in [-0.15, -0.1) is 0 Å². The highest BCUT2D eigenvalue weighted by molar-refractivity contribution is 7.89. The van der Waals surface area contributed by atoms with E-state index in [1.807, 2.05) is 0 Å². The van der Waals surface area contributed by atoms with E-state index in [-0.39, 0.29) is 11.8 Å². The van der Waals surface area contributed by atoms with Crippen LogP contribution in [0.2, 0.25) is 0 Å². The van der Waals surface area contributed by atoms with Crippen molar-refractivity contribution < 1.29 is 13.2 Å². The second kappa shape index (κ2) is 8.45. The summed E-state index contributed by atoms with van der Waals surface area (Å²) >= 11 is 0. The number of nitrogens with one attached hydrogen (secondary N) is 1. The summed E-state index contributed by atoms with van der Waals surface area (Å²) in [5.74, 6) is -0.00304. The van der Waals surface area contributed by atoms with Crippen molar-refractivity contribution in [3.8, 4) is 0 Å². The van der Waals surface area contributed by atoms with Crippen molar-refractivity contribution in [3.63, 3.8) is 0 Å². The molecule has 1 N–H and O–H groups in total. The van der Waals surface area contributed by atoms with E-state index in [4.69, 9.17) is 0 Å². The summed E-state index contributed by atoms with van der Waals surface area (Å²) in [6, 6.07) is 8.48. The molecule has 1 amide bonds. The first-order chi connectivity index (χ1) is 11.1. The Balaban J connectivity index is 1.85. The third-order valence-corrected chi connectivity index (χ3v) is 6.20. The number of amides is 1. The molecule has 0 radical (unpaired) electrons. The molecule has 1 aromatic rings. The van der Waals surface area contributed by atoms with Gasteiger partial charge in [0.05, 0.1) is 4.90 Å². The first-order valence-corrected chi connectivity index (χ1v) is 9.82. The van der Waals surface area contributed by atoms with Crippen molar-refractivity contribution >= 4 is 15.9 Å². The highest BCUT2D eigenvalue weighted by Crippen LogP contribution is 2.23. The number of hydrogen-bond acceptors (Lipinski definition) is 3. The first kappa shape index (κ1) is 17.9. The molecule has 6 heteroatoms. The average Bonchev–Trinajstić information content (AvgIpc) is 2.59. The molecule has 0 aromatic heterocycles. The fourth-order valence-electron chi connectivity index (χ4n) is 2.83. The second-order valence-corrected chi connectivity index (χ2v) is 7.93. The maximum Gasteiger partial charge on any atom is 0.243 e. The van der Waals surface area contributed by atoms with Gasteiger partial charge in [-0.2, -0.15) is 4.31 Å². The minimum atomic E-state index is -3.43. The summed E-state index contributed by atoms with van der Waals surface area (Å²) in [6.07, 6.45) is 4.43. The van der Waals surface area contributed by atoms with Crippen molar-refractivity contribution in [1.82, 2.24) is 9.62 Å². The van der Waals surface area contributed by atoms with Crippen LogP contribution in [0.1, 0.15) is 39.0 Å². The lowest BCUT2D eigenvalue weighted by molar-refractivity contribution is -0.126. The maximum absolute atomic E-state index is 12.5. The minimum Gasteiger partial charge on any atom is -0.356 e. The number of carbonyl (C=O) groups is 1. The van der Waals surface area contributed by atoms with Crippen LogP contribution >= 0.6 is 0 Å². The molecule has 1 aromatic carbocycles. The highest BCUT2D eigenvalue weighted by Gasteiger charge is 2.31. The molecule has 0 unspecified atom stereocenters. The monoisotopic (exact) mass is 338 g/mol. The maximum atomic E-state index is 12.5. The minimum absolute atomic E-state index is 0.0675. The Hall–Kier alpha value is -1.40. The molecule has 2 rings (SSSR count). The molecule has 23 heavy (non-hydrogen) atoms. The van der Waals surface area contributed by atoms with Gasteiger partial charge in [-0.05, 0) is 31.4 Å². The van der Waals surface area contributed by atoms with Crippen LogP contribution in [0, 0.1) is 5.92 Å². The van der Waals surface area contributed by atoms with Crippen LogP contribution in [0.5, 0.6) is 0 Å². The van der Waals surface area contributed by atoms with Crippen LogP contribution in [-0.2, 0) is 14.8 Å². The van der Waals surface area contributed by atoms with Gasteiger partial charge < -0.3 is 5.32 Å². The molecule has 1 saturated heterocycles. The number of hydrogen-bond donors (Lipinski definition) is 1. The van der Waals surface area contributed by atoms with Crippen molar-refractivity contribution in [2.24, 2.45) is 5.92 Å². The highest BCUT2D eigenvalue weighted by atomic mass is 32.2. The molecule has 1 fully saturated rings. The Labute approximate surface area is 139 Å². The van der Waals surface area contributed by atoms with Gasteiger partial charge >= 0.3 is 0 Å². The van der Waals surface area contributed by atoms with Gasteiger partial charge in [0.25, 0.3) is 0 Å². The predicted octanol–water partition coefficient (Wildman–Crippen LogP) is 2.39. The number of sulfonamides is 1. The Morgan fingerprint density at radius 3 is 2.43 bits per heavy atom. The molecule has 128 valence electrons. The Morgan fingerprint density at radius 2 is 1.83 bits per heavy atom. The van der Waals surface area contributed by atoms with E-state index in [1.165, 1.54) is 4.31 Å². The topological polar surface area (TPSA) is 66.5 Å². The van der Waals surface area contributed by atoms with E-state index >= 15 is 0 Å². The quantitative estimate of drug-likeness (QED) is 0.776. The molecule has 1 aliphatic rings. The van der Waals surface area contributed by atoms with Gasteiger partial charge in [0.15, 0.2) is 0 Å². The van der Waals surface area contributed by atoms with Gasteiger partial charge in [0.2, 0.25) is 15.9 Å². The lowest BCUT2D eigenvalue weighted by Gasteiger charge is -2.30. The summed E-state index contributed by atoms with van der Waals surface area (Å²) < 4.78 is 26.6. The molecule has 1 heterocycles. The Morgan fingerprint density at radius 1 is 1.17 bits per heavy atom. The SMILES string of the molecule is CCCCCNC(=O)C1CCN(S(=O)(=O)c2ccccc2)CC1. The first-order valence-electron chi connectivity index (χ1n) is 8.38. The zero-order valence-corrected chi connectivity index (χ0v) is 14.5. The Bertz CT molecular complexity index is 594. The summed E-state index contributed by atoms with van der Waals surface area (Å²) in [5, 5.41) is 2.97. The standard InChI is InChI=1S/C17H26N2O3S/c1-2-3-7-12-18-17(20)15-10-13-19(14-11-15)23(21,22)16-8-5-4-6-9-16/h4-6,8-9,15H,2-3,7,10-14H2,1H3,(H,18,20). The van der Waals surface area contributed by atoms with Gasteiger partial charge in [0.1, 0.15) is 0 Å². The van der Waals surface area contributed by atoms with Crippen LogP contribution in [0.4, 0.5) is 0 Å². The smallest absolute Gasteiger partial charge is 0.243 e. The zero-order chi connectivity index (χ0) is 16.7. The second-order valence-electron chi connectivity index (χ2n) is 5.99. The molecule has 0 atom stereocenters. The van der Waals surface area contributed by atoms with Gasteiger partial charge in [-0.3, -0.25) is 4.79 Å². The van der Waals surface area contributed by atoms with E-state index < -0.39 is 10.0 Å². The van der Waals surface area contributed by atoms with Crippen molar-refractivity contribution in [3.05, 3.63) is 30.3 Å². The van der Waals surface area contributed by atoms with Crippen LogP contribution in [-0.4, -0.2) is 38.3 Å². The molecular weight excluding hydrogens is 312 g/mol. The van der Waals surface area contributed by atoms with Crippen LogP contribution in [0.3, 0.4) is 0 Å². The van der Waals surface area contributed by atoms with Crippen LogP contribution < -0.4 is 5.32 Å². The van der Waals surface area contributed by atoms with Gasteiger partial charge in [0, 0.05) is 25.6 Å². The van der Waals surface area contributed by atoms with Gasteiger partial charge in [-0.25, -0.2) is 8.42 Å². The summed E-state index contributed by atoms with van der Waals surface area (Å²) in [5.41, 5.74) is 0. The van der Waals surface area contributed by atoms with E-state index in [0.29, 0.717) is 30.8 Å². The normalized spacial score (nSPS) is 17.1. The van der Waals surface area contributed by atoms with Crippen molar-refractivity contribution in [2.45, 2.75) is 43.9 Å². The van der Waals surface area contributed by atoms with Gasteiger partial charge in [-0.1, -0.05) is 38.0 Å². The van der Waals surface area contributed by atoms with Crippen LogP contribution in [0.15, 0.2) is 35.2 Å². The summed E-state index contributed by atoms with van der Waals surface area (Å²) in [7, 11) is -3.43. The number of unbranched alkanes of at least 4 members (excludes halogenated alkanes) is 2. The molecule has 0 saturated carbocycles. The number of nitrogens with zero attached hydrogens (tertiary/aromatic N) is 1. The van der Waals surface area contributed by atoms with E-state index in [2.05, 4.69) is 12.2 Å². The molecule has 5 nitrogen and oxygen atoms in total. The molecule has 0 aliphatic carbocycles. The van der Waals surface area contributed by atoms with E-state index in [1.54, 1.807) is 30.3 Å². The lowest BCUT2D eigenvalue weighted by atomic mass is 9.97. The lowest BCUT2D eigenvalue weighted by Crippen LogP contribution is -2.43. The summed E-state index contributed by atoms with van der Waals surface area (Å²) in [4.78, 5) is 12.4. The number of rotatable bonds is 7. The molecule has 0 bridgehead atoms. The number of piperidine rings is 1. The number of benzene rings is 1. The summed E-state index contributed by atoms with van der Waals surface area (Å²) in [6.45, 7) is 3.66. The molecule has 1 aliphatic heterocycles. The van der Waals surface area contributed by atoms with E-state index in [0.717, 1.165) is 25.8 Å². The molecular formula is C17H26N2O3S. The zero-order valence-electron chi connectivity index (χ0n) is 13.7. The van der Waals surface area contributed by atoms with E-state index in [9.17, 15) is 13.2 Å². The largest absolute Gasteiger partial charge is 0.356 e. The van der Waals surface area contributed by atoms with Crippen LogP contribution in [0.25, 0.3) is 0 Å². The third kappa shape index (κ3) is 4.78. The third-order valence-electron chi connectivity index (χ3n) is 4.29. The van der Waals surface area contributed by atoms with Crippen molar-refractivity contribution in [2.75, 3.05) is 19.6 Å². The number of carbonyl (C=O) groups excluding carboxylic acids is 1. The fraction of sp³-hybridized carbons (Fsp3) is 0.588. The predicted molar refractivity (Wildman–Crippen MR) is 90.5 cm³/mol. The average molecular weight is 338 g/mol. The Kier molecular flexibility index (Phi) is 6.59. The van der Waals surface area contributed by atoms with Crippen molar-refractivity contribution in [1.29, 1.82) is 0 Å². The fourth-order valence-corrected chi connectivity index (χ4v) is 4.32.